The fourth-order valence-corrected chi connectivity index (χ4v) is 3.20. The van der Waals surface area contributed by atoms with E-state index in [1.165, 1.54) is 11.1 Å². The van der Waals surface area contributed by atoms with E-state index < -0.39 is 0 Å². The Balaban J connectivity index is 1.58. The third kappa shape index (κ3) is 2.62. The number of likely N-dealkylation sites (tertiary alicyclic amines) is 1. The smallest absolute Gasteiger partial charge is 0.276 e. The number of benzene rings is 1. The van der Waals surface area contributed by atoms with E-state index in [9.17, 15) is 4.79 Å². The third-order valence-corrected chi connectivity index (χ3v) is 4.47. The summed E-state index contributed by atoms with van der Waals surface area (Å²) in [5.41, 5.74) is 2.70. The number of hydrogen-bond acceptors (Lipinski definition) is 4. The zero-order chi connectivity index (χ0) is 16.5. The highest BCUT2D eigenvalue weighted by Gasteiger charge is 2.32. The number of carbonyl (C=O) groups is 1. The average Bonchev–Trinajstić information content (AvgIpc) is 3.34. The quantitative estimate of drug-likeness (QED) is 0.724. The van der Waals surface area contributed by atoms with Crippen molar-refractivity contribution in [2.75, 3.05) is 6.54 Å². The molecular formula is C19H18N2O3. The summed E-state index contributed by atoms with van der Waals surface area (Å²) in [6.07, 6.45) is 3.53. The number of furan rings is 1. The molecule has 122 valence electrons. The second-order valence-electron chi connectivity index (χ2n) is 6.12. The van der Waals surface area contributed by atoms with Crippen molar-refractivity contribution in [3.05, 3.63) is 65.5 Å². The van der Waals surface area contributed by atoms with E-state index in [1.54, 1.807) is 24.5 Å². The maximum absolute atomic E-state index is 12.9. The van der Waals surface area contributed by atoms with Crippen LogP contribution in [-0.2, 0) is 0 Å². The van der Waals surface area contributed by atoms with Crippen LogP contribution in [0.3, 0.4) is 0 Å². The highest BCUT2D eigenvalue weighted by atomic mass is 16.5. The van der Waals surface area contributed by atoms with Gasteiger partial charge in [0.1, 0.15) is 0 Å². The Morgan fingerprint density at radius 1 is 1.21 bits per heavy atom. The second-order valence-corrected chi connectivity index (χ2v) is 6.12. The van der Waals surface area contributed by atoms with Gasteiger partial charge in [-0.1, -0.05) is 35.0 Å². The Bertz CT molecular complexity index is 834. The maximum atomic E-state index is 12.9. The van der Waals surface area contributed by atoms with Crippen molar-refractivity contribution in [3.63, 3.8) is 0 Å². The van der Waals surface area contributed by atoms with Crippen LogP contribution in [0.1, 0.15) is 40.5 Å². The highest BCUT2D eigenvalue weighted by Crippen LogP contribution is 2.33. The van der Waals surface area contributed by atoms with E-state index in [0.29, 0.717) is 17.2 Å². The van der Waals surface area contributed by atoms with Gasteiger partial charge in [0.25, 0.3) is 5.91 Å². The summed E-state index contributed by atoms with van der Waals surface area (Å²) < 4.78 is 10.5. The predicted octanol–water partition coefficient (Wildman–Crippen LogP) is 4.22. The van der Waals surface area contributed by atoms with Gasteiger partial charge in [0.2, 0.25) is 5.76 Å². The molecule has 3 aromatic rings. The molecule has 0 aliphatic carbocycles. The number of aryl methyl sites for hydroxylation is 1. The van der Waals surface area contributed by atoms with E-state index in [-0.39, 0.29) is 11.9 Å². The van der Waals surface area contributed by atoms with Gasteiger partial charge in [-0.15, -0.1) is 0 Å². The van der Waals surface area contributed by atoms with E-state index in [1.807, 2.05) is 4.90 Å². The van der Waals surface area contributed by atoms with Crippen LogP contribution in [0, 0.1) is 6.92 Å². The molecule has 1 amide bonds. The first-order chi connectivity index (χ1) is 11.7. The Kier molecular flexibility index (Phi) is 3.69. The van der Waals surface area contributed by atoms with Gasteiger partial charge in [0.05, 0.1) is 12.3 Å². The highest BCUT2D eigenvalue weighted by molar-refractivity contribution is 5.93. The lowest BCUT2D eigenvalue weighted by atomic mass is 10.0. The minimum Gasteiger partial charge on any atom is -0.461 e. The van der Waals surface area contributed by atoms with Gasteiger partial charge < -0.3 is 13.8 Å². The summed E-state index contributed by atoms with van der Waals surface area (Å²) in [6.45, 7) is 2.80. The van der Waals surface area contributed by atoms with Crippen molar-refractivity contribution >= 4 is 5.91 Å². The van der Waals surface area contributed by atoms with Crippen LogP contribution in [0.25, 0.3) is 11.5 Å². The molecule has 1 saturated heterocycles. The zero-order valence-electron chi connectivity index (χ0n) is 13.4. The van der Waals surface area contributed by atoms with Crippen LogP contribution < -0.4 is 0 Å². The molecule has 24 heavy (non-hydrogen) atoms. The second kappa shape index (κ2) is 6.00. The van der Waals surface area contributed by atoms with Gasteiger partial charge >= 0.3 is 0 Å². The van der Waals surface area contributed by atoms with Crippen molar-refractivity contribution in [1.29, 1.82) is 0 Å². The van der Waals surface area contributed by atoms with Crippen LogP contribution in [-0.4, -0.2) is 22.5 Å². The fraction of sp³-hybridized carbons (Fsp3) is 0.263. The molecule has 0 unspecified atom stereocenters. The van der Waals surface area contributed by atoms with Crippen LogP contribution in [0.2, 0.25) is 0 Å². The van der Waals surface area contributed by atoms with E-state index in [4.69, 9.17) is 8.94 Å². The average molecular weight is 322 g/mol. The zero-order valence-corrected chi connectivity index (χ0v) is 13.4. The fourth-order valence-electron chi connectivity index (χ4n) is 3.20. The van der Waals surface area contributed by atoms with Crippen LogP contribution in [0.5, 0.6) is 0 Å². The molecule has 4 rings (SSSR count). The van der Waals surface area contributed by atoms with Crippen molar-refractivity contribution in [1.82, 2.24) is 10.1 Å². The lowest BCUT2D eigenvalue weighted by molar-refractivity contribution is 0.0725. The molecule has 1 aliphatic heterocycles. The molecule has 0 bridgehead atoms. The van der Waals surface area contributed by atoms with Gasteiger partial charge in [0, 0.05) is 12.6 Å². The summed E-state index contributed by atoms with van der Waals surface area (Å²) in [6, 6.07) is 13.7. The van der Waals surface area contributed by atoms with E-state index in [0.717, 1.165) is 19.4 Å². The first-order valence-electron chi connectivity index (χ1n) is 8.10. The minimum absolute atomic E-state index is 0.0976. The van der Waals surface area contributed by atoms with Crippen LogP contribution >= 0.6 is 0 Å². The Morgan fingerprint density at radius 3 is 2.79 bits per heavy atom. The molecule has 1 fully saturated rings. The lowest BCUT2D eigenvalue weighted by Gasteiger charge is -2.24. The number of amides is 1. The molecule has 1 aromatic carbocycles. The Labute approximate surface area is 139 Å². The number of nitrogens with zero attached hydrogens (tertiary/aromatic N) is 2. The summed E-state index contributed by atoms with van der Waals surface area (Å²) in [4.78, 5) is 14.7. The normalized spacial score (nSPS) is 17.4. The van der Waals surface area contributed by atoms with Crippen LogP contribution in [0.4, 0.5) is 0 Å². The molecular weight excluding hydrogens is 304 g/mol. The number of hydrogen-bond donors (Lipinski definition) is 0. The molecule has 1 atom stereocenters. The molecule has 3 heterocycles. The first kappa shape index (κ1) is 14.8. The maximum Gasteiger partial charge on any atom is 0.276 e. The molecule has 5 heteroatoms. The lowest BCUT2D eigenvalue weighted by Crippen LogP contribution is -2.30. The molecule has 0 N–H and O–H groups in total. The molecule has 5 nitrogen and oxygen atoms in total. The van der Waals surface area contributed by atoms with E-state index >= 15 is 0 Å². The van der Waals surface area contributed by atoms with Gasteiger partial charge in [0.15, 0.2) is 11.5 Å². The SMILES string of the molecule is Cc1ccc([C@H]2CCCN2C(=O)c2cc(-c3ccco3)on2)cc1. The summed E-state index contributed by atoms with van der Waals surface area (Å²) in [5, 5.41) is 3.93. The molecule has 1 aliphatic rings. The van der Waals surface area contributed by atoms with Gasteiger partial charge in [-0.3, -0.25) is 4.79 Å². The van der Waals surface area contributed by atoms with Crippen molar-refractivity contribution in [2.45, 2.75) is 25.8 Å². The van der Waals surface area contributed by atoms with Crippen molar-refractivity contribution in [2.24, 2.45) is 0 Å². The van der Waals surface area contributed by atoms with Gasteiger partial charge in [-0.2, -0.15) is 0 Å². The third-order valence-electron chi connectivity index (χ3n) is 4.47. The monoisotopic (exact) mass is 322 g/mol. The summed E-state index contributed by atoms with van der Waals surface area (Å²) in [7, 11) is 0. The van der Waals surface area contributed by atoms with Gasteiger partial charge in [-0.05, 0) is 37.5 Å². The summed E-state index contributed by atoms with van der Waals surface area (Å²) in [5.74, 6) is 0.937. The van der Waals surface area contributed by atoms with Crippen molar-refractivity contribution < 1.29 is 13.7 Å². The molecule has 0 radical (unpaired) electrons. The largest absolute Gasteiger partial charge is 0.461 e. The first-order valence-corrected chi connectivity index (χ1v) is 8.10. The molecule has 2 aromatic heterocycles. The standard InChI is InChI=1S/C19H18N2O3/c1-13-6-8-14(9-7-13)16-4-2-10-21(16)19(22)15-12-18(24-20-15)17-5-3-11-23-17/h3,5-9,11-12,16H,2,4,10H2,1H3/t16-/m1/s1. The van der Waals surface area contributed by atoms with Gasteiger partial charge in [-0.25, -0.2) is 0 Å². The topological polar surface area (TPSA) is 59.5 Å². The number of rotatable bonds is 3. The number of aromatic nitrogens is 1. The van der Waals surface area contributed by atoms with Crippen LogP contribution in [0.15, 0.2) is 57.7 Å². The predicted molar refractivity (Wildman–Crippen MR) is 88.4 cm³/mol. The minimum atomic E-state index is -0.0976. The molecule has 0 spiro atoms. The molecule has 0 saturated carbocycles. The van der Waals surface area contributed by atoms with Crippen molar-refractivity contribution in [3.8, 4) is 11.5 Å². The van der Waals surface area contributed by atoms with E-state index in [2.05, 4.69) is 36.3 Å². The summed E-state index contributed by atoms with van der Waals surface area (Å²) >= 11 is 0. The Hall–Kier alpha value is -2.82. The number of carbonyl (C=O) groups excluding carboxylic acids is 1. The Morgan fingerprint density at radius 2 is 2.04 bits per heavy atom.